The minimum Gasteiger partial charge on any atom is -0.398 e. The maximum absolute atomic E-state index is 8.60. The van der Waals surface area contributed by atoms with Crippen molar-refractivity contribution in [1.82, 2.24) is 0 Å². The van der Waals surface area contributed by atoms with Crippen molar-refractivity contribution in [2.75, 3.05) is 20.1 Å². The molecular weight excluding hydrogens is 179 g/mol. The maximum Gasteiger partial charge on any atom is 0.335 e. The molecule has 5 heteroatoms. The highest BCUT2D eigenvalue weighted by Gasteiger charge is 2.28. The second-order valence-corrected chi connectivity index (χ2v) is 6.27. The summed E-state index contributed by atoms with van der Waals surface area (Å²) in [6.45, 7) is 2.22. The van der Waals surface area contributed by atoms with Gasteiger partial charge in [0.05, 0.1) is 6.35 Å². The topological polar surface area (TPSA) is 38.7 Å². The molecule has 0 saturated heterocycles. The van der Waals surface area contributed by atoms with Crippen LogP contribution in [0.1, 0.15) is 6.42 Å². The Labute approximate surface area is 71.5 Å². The molecule has 0 aromatic carbocycles. The Bertz CT molecular complexity index is 104. The van der Waals surface area contributed by atoms with E-state index in [1.165, 1.54) is 0 Å². The smallest absolute Gasteiger partial charge is 0.335 e. The molecule has 1 N–H and O–H groups in total. The van der Waals surface area contributed by atoms with E-state index in [1.54, 1.807) is 7.11 Å². The van der Waals surface area contributed by atoms with Gasteiger partial charge >= 0.3 is 8.56 Å². The molecule has 0 aromatic heterocycles. The summed E-state index contributed by atoms with van der Waals surface area (Å²) in [7, 11) is 2.25. The molecule has 0 aromatic rings. The van der Waals surface area contributed by atoms with Gasteiger partial charge in [0.25, 0.3) is 0 Å². The van der Waals surface area contributed by atoms with Crippen molar-refractivity contribution in [3.8, 4) is 0 Å². The van der Waals surface area contributed by atoms with E-state index in [2.05, 4.69) is 9.24 Å². The first kappa shape index (κ1) is 11.5. The number of aliphatic hydroxyl groups is 1. The van der Waals surface area contributed by atoms with Gasteiger partial charge in [-0.05, 0) is 19.0 Å². The highest BCUT2D eigenvalue weighted by atomic mass is 31.0. The van der Waals surface area contributed by atoms with Crippen molar-refractivity contribution < 1.29 is 14.0 Å². The molecule has 0 saturated carbocycles. The highest BCUT2D eigenvalue weighted by Crippen LogP contribution is 2.15. The fraction of sp³-hybridized carbons (Fsp3) is 1.00. The Morgan fingerprint density at radius 3 is 2.55 bits per heavy atom. The van der Waals surface area contributed by atoms with Crippen LogP contribution in [0.3, 0.4) is 0 Å². The van der Waals surface area contributed by atoms with Crippen LogP contribution in [0.4, 0.5) is 0 Å². The Hall–Kier alpha value is 0.527. The fourth-order valence-electron chi connectivity index (χ4n) is 0.810. The number of rotatable bonds is 6. The van der Waals surface area contributed by atoms with Gasteiger partial charge in [-0.2, -0.15) is 0 Å². The summed E-state index contributed by atoms with van der Waals surface area (Å²) in [5.41, 5.74) is 0. The molecule has 2 atom stereocenters. The van der Waals surface area contributed by atoms with Gasteiger partial charge in [-0.25, -0.2) is 0 Å². The first-order valence-corrected chi connectivity index (χ1v) is 7.02. The number of hydrogen-bond donors (Lipinski definition) is 1. The van der Waals surface area contributed by atoms with Gasteiger partial charge in [0.15, 0.2) is 0 Å². The second kappa shape index (κ2) is 6.09. The lowest BCUT2D eigenvalue weighted by Gasteiger charge is -2.23. The SMILES string of the molecule is CO[Si](C)(CCCO)OCP. The molecule has 3 nitrogen and oxygen atoms in total. The first-order chi connectivity index (χ1) is 5.18. The summed E-state index contributed by atoms with van der Waals surface area (Å²) in [6, 6.07) is 0.856. The van der Waals surface area contributed by atoms with Gasteiger partial charge in [-0.15, -0.1) is 9.24 Å². The lowest BCUT2D eigenvalue weighted by molar-refractivity contribution is 0.229. The van der Waals surface area contributed by atoms with Crippen LogP contribution in [0, 0.1) is 0 Å². The molecule has 0 fully saturated rings. The summed E-state index contributed by atoms with van der Waals surface area (Å²) >= 11 is 0. The fourth-order valence-corrected chi connectivity index (χ4v) is 3.49. The summed E-state index contributed by atoms with van der Waals surface area (Å²) in [5, 5.41) is 8.60. The summed E-state index contributed by atoms with van der Waals surface area (Å²) in [4.78, 5) is 0. The van der Waals surface area contributed by atoms with E-state index in [9.17, 15) is 0 Å². The van der Waals surface area contributed by atoms with Crippen molar-refractivity contribution >= 4 is 17.8 Å². The lowest BCUT2D eigenvalue weighted by Crippen LogP contribution is -2.37. The van der Waals surface area contributed by atoms with Crippen molar-refractivity contribution in [2.24, 2.45) is 0 Å². The molecule has 0 heterocycles. The maximum atomic E-state index is 8.60. The third-order valence-electron chi connectivity index (χ3n) is 1.61. The Kier molecular flexibility index (Phi) is 6.38. The first-order valence-electron chi connectivity index (χ1n) is 3.68. The van der Waals surface area contributed by atoms with Gasteiger partial charge in [0, 0.05) is 13.7 Å². The molecule has 68 valence electrons. The second-order valence-electron chi connectivity index (χ2n) is 2.48. The van der Waals surface area contributed by atoms with Gasteiger partial charge < -0.3 is 14.0 Å². The molecule has 0 amide bonds. The van der Waals surface area contributed by atoms with Crippen LogP contribution < -0.4 is 0 Å². The van der Waals surface area contributed by atoms with E-state index < -0.39 is 8.56 Å². The third-order valence-corrected chi connectivity index (χ3v) is 5.01. The average Bonchev–Trinajstić information content (AvgIpc) is 2.02. The Morgan fingerprint density at radius 2 is 2.18 bits per heavy atom. The van der Waals surface area contributed by atoms with Crippen molar-refractivity contribution in [2.45, 2.75) is 19.0 Å². The van der Waals surface area contributed by atoms with Gasteiger partial charge in [-0.3, -0.25) is 0 Å². The van der Waals surface area contributed by atoms with E-state index >= 15 is 0 Å². The van der Waals surface area contributed by atoms with Gasteiger partial charge in [-0.1, -0.05) is 0 Å². The molecule has 0 bridgehead atoms. The molecular formula is C6H17O3PSi. The van der Waals surface area contributed by atoms with Crippen LogP contribution in [0.2, 0.25) is 12.6 Å². The molecule has 2 unspecified atom stereocenters. The van der Waals surface area contributed by atoms with Crippen molar-refractivity contribution in [3.63, 3.8) is 0 Å². The molecule has 11 heavy (non-hydrogen) atoms. The van der Waals surface area contributed by atoms with Gasteiger partial charge in [0.2, 0.25) is 0 Å². The third kappa shape index (κ3) is 4.88. The predicted octanol–water partition coefficient (Wildman–Crippen LogP) is 0.936. The van der Waals surface area contributed by atoms with Gasteiger partial charge in [0.1, 0.15) is 0 Å². The van der Waals surface area contributed by atoms with Crippen LogP contribution >= 0.6 is 9.24 Å². The lowest BCUT2D eigenvalue weighted by atomic mass is 10.5. The summed E-state index contributed by atoms with van der Waals surface area (Å²) < 4.78 is 10.7. The number of hydrogen-bond acceptors (Lipinski definition) is 3. The Morgan fingerprint density at radius 1 is 1.55 bits per heavy atom. The van der Waals surface area contributed by atoms with E-state index in [1.807, 2.05) is 6.55 Å². The zero-order chi connectivity index (χ0) is 8.74. The molecule has 0 aliphatic heterocycles. The zero-order valence-electron chi connectivity index (χ0n) is 7.17. The average molecular weight is 196 g/mol. The molecule has 0 spiro atoms. The highest BCUT2D eigenvalue weighted by molar-refractivity contribution is 7.16. The molecule has 0 radical (unpaired) electrons. The monoisotopic (exact) mass is 196 g/mol. The minimum absolute atomic E-state index is 0.214. The Balaban J connectivity index is 3.68. The van der Waals surface area contributed by atoms with Crippen molar-refractivity contribution in [3.05, 3.63) is 0 Å². The van der Waals surface area contributed by atoms with Crippen LogP contribution in [0.15, 0.2) is 0 Å². The van der Waals surface area contributed by atoms with Crippen LogP contribution in [-0.4, -0.2) is 33.7 Å². The van der Waals surface area contributed by atoms with E-state index in [0.717, 1.165) is 12.5 Å². The summed E-state index contributed by atoms with van der Waals surface area (Å²) in [5.74, 6) is 0. The van der Waals surface area contributed by atoms with E-state index in [-0.39, 0.29) is 6.61 Å². The summed E-state index contributed by atoms with van der Waals surface area (Å²) in [6.07, 6.45) is 1.38. The van der Waals surface area contributed by atoms with Crippen LogP contribution in [-0.2, 0) is 8.85 Å². The minimum atomic E-state index is -1.93. The van der Waals surface area contributed by atoms with E-state index in [4.69, 9.17) is 14.0 Å². The molecule has 0 aliphatic rings. The van der Waals surface area contributed by atoms with Crippen LogP contribution in [0.5, 0.6) is 0 Å². The van der Waals surface area contributed by atoms with Crippen molar-refractivity contribution in [1.29, 1.82) is 0 Å². The number of aliphatic hydroxyl groups excluding tert-OH is 1. The standard InChI is InChI=1S/C6H17O3PSi/c1-8-11(2,9-6-10)5-3-4-7/h7H,3-6,10H2,1-2H3. The normalized spacial score (nSPS) is 16.4. The zero-order valence-corrected chi connectivity index (χ0v) is 9.32. The quantitative estimate of drug-likeness (QED) is 0.507. The van der Waals surface area contributed by atoms with E-state index in [0.29, 0.717) is 6.35 Å². The largest absolute Gasteiger partial charge is 0.398 e. The molecule has 0 rings (SSSR count). The predicted molar refractivity (Wildman–Crippen MR) is 50.8 cm³/mol. The molecule has 0 aliphatic carbocycles. The van der Waals surface area contributed by atoms with Crippen LogP contribution in [0.25, 0.3) is 0 Å².